The number of nitro benzene ring substituents is 1. The summed E-state index contributed by atoms with van der Waals surface area (Å²) in [4.78, 5) is 22.4. The van der Waals surface area contributed by atoms with Gasteiger partial charge in [-0.1, -0.05) is 17.7 Å². The Morgan fingerprint density at radius 1 is 1.16 bits per heavy atom. The van der Waals surface area contributed by atoms with Gasteiger partial charge in [-0.3, -0.25) is 14.9 Å². The van der Waals surface area contributed by atoms with E-state index < -0.39 is 14.9 Å². The second kappa shape index (κ2) is 9.44. The van der Waals surface area contributed by atoms with Crippen LogP contribution in [0.15, 0.2) is 47.4 Å². The molecule has 2 aromatic carbocycles. The van der Waals surface area contributed by atoms with E-state index in [9.17, 15) is 23.3 Å². The monoisotopic (exact) mass is 447 g/mol. The zero-order valence-electron chi connectivity index (χ0n) is 17.4. The Bertz CT molecular complexity index is 1060. The fourth-order valence-corrected chi connectivity index (χ4v) is 4.97. The number of piperidine rings is 1. The van der Waals surface area contributed by atoms with E-state index in [0.29, 0.717) is 18.6 Å². The molecular weight excluding hydrogens is 422 g/mol. The van der Waals surface area contributed by atoms with Crippen molar-refractivity contribution in [3.05, 3.63) is 63.7 Å². The maximum Gasteiger partial charge on any atom is 0.269 e. The second-order valence-corrected chi connectivity index (χ2v) is 9.49. The molecule has 10 heteroatoms. The summed E-state index contributed by atoms with van der Waals surface area (Å²) in [5.41, 5.74) is 1.91. The number of nitrogens with zero attached hydrogens (tertiary/aromatic N) is 2. The van der Waals surface area contributed by atoms with Crippen LogP contribution in [0.2, 0.25) is 0 Å². The van der Waals surface area contributed by atoms with Crippen LogP contribution in [0.3, 0.4) is 0 Å². The lowest BCUT2D eigenvalue weighted by atomic mass is 10.1. The van der Waals surface area contributed by atoms with Crippen molar-refractivity contribution in [2.75, 3.05) is 19.7 Å². The number of carbonyl (C=O) groups is 1. The smallest absolute Gasteiger partial charge is 0.269 e. The van der Waals surface area contributed by atoms with Gasteiger partial charge < -0.3 is 10.1 Å². The number of rotatable bonds is 7. The van der Waals surface area contributed by atoms with Crippen LogP contribution >= 0.6 is 0 Å². The number of hydrogen-bond acceptors (Lipinski definition) is 6. The summed E-state index contributed by atoms with van der Waals surface area (Å²) in [6.45, 7) is 4.30. The number of nitrogens with one attached hydrogen (secondary N) is 1. The molecule has 1 N–H and O–H groups in total. The van der Waals surface area contributed by atoms with Crippen molar-refractivity contribution in [1.82, 2.24) is 9.62 Å². The topological polar surface area (TPSA) is 119 Å². The first kappa shape index (κ1) is 22.7. The molecule has 166 valence electrons. The number of ether oxygens (including phenoxy) is 1. The minimum absolute atomic E-state index is 0.0162. The van der Waals surface area contributed by atoms with Crippen LogP contribution in [0.4, 0.5) is 5.69 Å². The Morgan fingerprint density at radius 2 is 1.81 bits per heavy atom. The van der Waals surface area contributed by atoms with E-state index in [-0.39, 0.29) is 42.2 Å². The van der Waals surface area contributed by atoms with E-state index in [1.54, 1.807) is 0 Å². The van der Waals surface area contributed by atoms with Crippen LogP contribution in [0.1, 0.15) is 24.0 Å². The summed E-state index contributed by atoms with van der Waals surface area (Å²) < 4.78 is 32.4. The SMILES string of the molecule is Cc1ccc(OCC(=O)NC2CCN(S(=O)(=O)c3ccc([N+](=O)[O-])cc3)CC2)c(C)c1. The number of aryl methyl sites for hydroxylation is 2. The van der Waals surface area contributed by atoms with Crippen molar-refractivity contribution >= 4 is 21.6 Å². The number of amides is 1. The van der Waals surface area contributed by atoms with Crippen LogP contribution in [-0.2, 0) is 14.8 Å². The maximum atomic E-state index is 12.8. The maximum absolute atomic E-state index is 12.8. The Kier molecular flexibility index (Phi) is 6.91. The fourth-order valence-electron chi connectivity index (χ4n) is 3.50. The van der Waals surface area contributed by atoms with Crippen molar-refractivity contribution in [3.63, 3.8) is 0 Å². The molecule has 0 radical (unpaired) electrons. The van der Waals surface area contributed by atoms with Gasteiger partial charge in [0.15, 0.2) is 6.61 Å². The van der Waals surface area contributed by atoms with Crippen molar-refractivity contribution in [3.8, 4) is 5.75 Å². The molecular formula is C21H25N3O6S. The highest BCUT2D eigenvalue weighted by Gasteiger charge is 2.30. The van der Waals surface area contributed by atoms with Gasteiger partial charge in [0.1, 0.15) is 5.75 Å². The molecule has 2 aromatic rings. The third-order valence-corrected chi connectivity index (χ3v) is 7.11. The average Bonchev–Trinajstić information content (AvgIpc) is 2.73. The van der Waals surface area contributed by atoms with Crippen LogP contribution in [-0.4, -0.2) is 49.3 Å². The van der Waals surface area contributed by atoms with Crippen LogP contribution < -0.4 is 10.1 Å². The van der Waals surface area contributed by atoms with Crippen molar-refractivity contribution in [2.24, 2.45) is 0 Å². The number of nitro groups is 1. The van der Waals surface area contributed by atoms with E-state index in [4.69, 9.17) is 4.74 Å². The summed E-state index contributed by atoms with van der Waals surface area (Å²) in [5, 5.41) is 13.6. The first-order valence-corrected chi connectivity index (χ1v) is 11.3. The van der Waals surface area contributed by atoms with E-state index in [1.807, 2.05) is 32.0 Å². The number of benzene rings is 2. The minimum Gasteiger partial charge on any atom is -0.484 e. The third-order valence-electron chi connectivity index (χ3n) is 5.19. The minimum atomic E-state index is -3.74. The lowest BCUT2D eigenvalue weighted by Crippen LogP contribution is -2.47. The van der Waals surface area contributed by atoms with Gasteiger partial charge in [0.2, 0.25) is 10.0 Å². The molecule has 0 aromatic heterocycles. The van der Waals surface area contributed by atoms with Gasteiger partial charge in [0.25, 0.3) is 11.6 Å². The normalized spacial score (nSPS) is 15.4. The highest BCUT2D eigenvalue weighted by molar-refractivity contribution is 7.89. The molecule has 1 aliphatic rings. The van der Waals surface area contributed by atoms with Gasteiger partial charge in [-0.05, 0) is 50.5 Å². The highest BCUT2D eigenvalue weighted by atomic mass is 32.2. The van der Waals surface area contributed by atoms with Crippen molar-refractivity contribution in [1.29, 1.82) is 0 Å². The van der Waals surface area contributed by atoms with Gasteiger partial charge in [0.05, 0.1) is 9.82 Å². The van der Waals surface area contributed by atoms with Gasteiger partial charge in [-0.25, -0.2) is 8.42 Å². The summed E-state index contributed by atoms with van der Waals surface area (Å²) >= 11 is 0. The number of hydrogen-bond donors (Lipinski definition) is 1. The Labute approximate surface area is 181 Å². The molecule has 0 aliphatic carbocycles. The zero-order chi connectivity index (χ0) is 22.6. The fraction of sp³-hybridized carbons (Fsp3) is 0.381. The van der Waals surface area contributed by atoms with E-state index in [2.05, 4.69) is 5.32 Å². The molecule has 1 aliphatic heterocycles. The Hall–Kier alpha value is -2.98. The van der Waals surface area contributed by atoms with Gasteiger partial charge in [0, 0.05) is 31.3 Å². The van der Waals surface area contributed by atoms with Crippen LogP contribution in [0.25, 0.3) is 0 Å². The number of sulfonamides is 1. The number of carbonyl (C=O) groups excluding carboxylic acids is 1. The van der Waals surface area contributed by atoms with Crippen molar-refractivity contribution in [2.45, 2.75) is 37.6 Å². The molecule has 9 nitrogen and oxygen atoms in total. The lowest BCUT2D eigenvalue weighted by Gasteiger charge is -2.31. The quantitative estimate of drug-likeness (QED) is 0.515. The van der Waals surface area contributed by atoms with Gasteiger partial charge in [-0.2, -0.15) is 4.31 Å². The van der Waals surface area contributed by atoms with Crippen molar-refractivity contribution < 1.29 is 22.9 Å². The second-order valence-electron chi connectivity index (χ2n) is 7.55. The lowest BCUT2D eigenvalue weighted by molar-refractivity contribution is -0.384. The van der Waals surface area contributed by atoms with E-state index in [1.165, 1.54) is 28.6 Å². The van der Waals surface area contributed by atoms with Gasteiger partial charge >= 0.3 is 0 Å². The predicted octanol–water partition coefficient (Wildman–Crippen LogP) is 2.56. The molecule has 0 saturated carbocycles. The molecule has 0 atom stereocenters. The predicted molar refractivity (Wildman–Crippen MR) is 114 cm³/mol. The highest BCUT2D eigenvalue weighted by Crippen LogP contribution is 2.23. The first-order chi connectivity index (χ1) is 14.7. The molecule has 0 spiro atoms. The molecule has 0 unspecified atom stereocenters. The largest absolute Gasteiger partial charge is 0.484 e. The summed E-state index contributed by atoms with van der Waals surface area (Å²) in [7, 11) is -3.74. The zero-order valence-corrected chi connectivity index (χ0v) is 18.2. The summed E-state index contributed by atoms with van der Waals surface area (Å²) in [6.07, 6.45) is 0.947. The Balaban J connectivity index is 1.50. The standard InChI is InChI=1S/C21H25N3O6S/c1-15-3-8-20(16(2)13-15)30-14-21(25)22-17-9-11-23(12-10-17)31(28,29)19-6-4-18(5-7-19)24(26)27/h3-8,13,17H,9-12,14H2,1-2H3,(H,22,25). The summed E-state index contributed by atoms with van der Waals surface area (Å²) in [6, 6.07) is 10.4. The molecule has 0 bridgehead atoms. The Morgan fingerprint density at radius 3 is 2.39 bits per heavy atom. The van der Waals surface area contributed by atoms with Crippen LogP contribution in [0, 0.1) is 24.0 Å². The molecule has 31 heavy (non-hydrogen) atoms. The van der Waals surface area contributed by atoms with Crippen LogP contribution in [0.5, 0.6) is 5.75 Å². The molecule has 1 saturated heterocycles. The average molecular weight is 448 g/mol. The third kappa shape index (κ3) is 5.59. The summed E-state index contributed by atoms with van der Waals surface area (Å²) in [5.74, 6) is 0.404. The van der Waals surface area contributed by atoms with Gasteiger partial charge in [-0.15, -0.1) is 0 Å². The first-order valence-electron chi connectivity index (χ1n) is 9.91. The van der Waals surface area contributed by atoms with E-state index in [0.717, 1.165) is 11.1 Å². The molecule has 1 heterocycles. The molecule has 1 amide bonds. The molecule has 3 rings (SSSR count). The molecule has 1 fully saturated rings. The van der Waals surface area contributed by atoms with E-state index >= 15 is 0 Å². The number of non-ortho nitro benzene ring substituents is 1.